The third-order valence-corrected chi connectivity index (χ3v) is 5.05. The number of nitrogens with one attached hydrogen (secondary N) is 1. The van der Waals surface area contributed by atoms with Crippen LogP contribution in [0.15, 0.2) is 48.5 Å². The van der Waals surface area contributed by atoms with Gasteiger partial charge >= 0.3 is 0 Å². The van der Waals surface area contributed by atoms with E-state index in [1.807, 2.05) is 51.4 Å². The lowest BCUT2D eigenvalue weighted by Crippen LogP contribution is -2.54. The van der Waals surface area contributed by atoms with Gasteiger partial charge in [0.15, 0.2) is 11.5 Å². The maximum absolute atomic E-state index is 12.3. The van der Waals surface area contributed by atoms with E-state index in [9.17, 15) is 4.79 Å². The highest BCUT2D eigenvalue weighted by atomic mass is 16.5. The summed E-state index contributed by atoms with van der Waals surface area (Å²) in [7, 11) is 4.05. The first-order valence-corrected chi connectivity index (χ1v) is 10.6. The Morgan fingerprint density at radius 3 is 2.60 bits per heavy atom. The molecule has 1 atom stereocenters. The van der Waals surface area contributed by atoms with E-state index in [-0.39, 0.29) is 11.9 Å². The molecule has 1 saturated heterocycles. The number of carbonyl (C=O) groups is 1. The van der Waals surface area contributed by atoms with Crippen molar-refractivity contribution in [1.29, 1.82) is 0 Å². The molecule has 0 aromatic heterocycles. The molecule has 1 aliphatic rings. The van der Waals surface area contributed by atoms with Gasteiger partial charge in [-0.1, -0.05) is 36.4 Å². The monoisotopic (exact) mass is 411 g/mol. The van der Waals surface area contributed by atoms with Gasteiger partial charge in [0.25, 0.3) is 0 Å². The SMILES string of the molecule is CCOc1cc(CN2CC(=O)N[C@@H](Cc3ccccc3)C2)ccc1OCCN(C)C. The third kappa shape index (κ3) is 6.75. The molecule has 0 aliphatic carbocycles. The van der Waals surface area contributed by atoms with Crippen LogP contribution in [0.25, 0.3) is 0 Å². The van der Waals surface area contributed by atoms with Gasteiger partial charge in [-0.05, 0) is 50.7 Å². The summed E-state index contributed by atoms with van der Waals surface area (Å²) in [5, 5.41) is 3.12. The topological polar surface area (TPSA) is 54.0 Å². The van der Waals surface area contributed by atoms with Crippen LogP contribution in [0, 0.1) is 0 Å². The molecule has 2 aromatic carbocycles. The quantitative estimate of drug-likeness (QED) is 0.651. The lowest BCUT2D eigenvalue weighted by atomic mass is 10.0. The van der Waals surface area contributed by atoms with Crippen LogP contribution in [0.5, 0.6) is 11.5 Å². The summed E-state index contributed by atoms with van der Waals surface area (Å²) in [6, 6.07) is 16.5. The average Bonchev–Trinajstić information content (AvgIpc) is 2.70. The number of hydrogen-bond acceptors (Lipinski definition) is 5. The molecule has 0 spiro atoms. The number of nitrogens with zero attached hydrogens (tertiary/aromatic N) is 2. The van der Waals surface area contributed by atoms with Crippen molar-refractivity contribution in [3.8, 4) is 11.5 Å². The van der Waals surface area contributed by atoms with E-state index in [0.29, 0.717) is 26.3 Å². The lowest BCUT2D eigenvalue weighted by molar-refractivity contribution is -0.125. The maximum Gasteiger partial charge on any atom is 0.234 e. The number of hydrogen-bond donors (Lipinski definition) is 1. The van der Waals surface area contributed by atoms with Gasteiger partial charge in [0.2, 0.25) is 5.91 Å². The Labute approximate surface area is 179 Å². The van der Waals surface area contributed by atoms with E-state index in [2.05, 4.69) is 33.3 Å². The zero-order chi connectivity index (χ0) is 21.3. The van der Waals surface area contributed by atoms with Gasteiger partial charge in [-0.25, -0.2) is 0 Å². The first-order chi connectivity index (χ1) is 14.5. The van der Waals surface area contributed by atoms with Gasteiger partial charge in [-0.2, -0.15) is 0 Å². The van der Waals surface area contributed by atoms with Crippen molar-refractivity contribution < 1.29 is 14.3 Å². The van der Waals surface area contributed by atoms with Gasteiger partial charge in [-0.15, -0.1) is 0 Å². The molecule has 6 nitrogen and oxygen atoms in total. The molecule has 1 amide bonds. The Kier molecular flexibility index (Phi) is 8.11. The molecule has 1 aliphatic heterocycles. The Hall–Kier alpha value is -2.57. The fourth-order valence-corrected chi connectivity index (χ4v) is 3.67. The van der Waals surface area contributed by atoms with Gasteiger partial charge < -0.3 is 19.7 Å². The van der Waals surface area contributed by atoms with Crippen molar-refractivity contribution >= 4 is 5.91 Å². The number of benzene rings is 2. The van der Waals surface area contributed by atoms with E-state index < -0.39 is 0 Å². The molecular formula is C24H33N3O3. The summed E-state index contributed by atoms with van der Waals surface area (Å²) in [5.41, 5.74) is 2.36. The zero-order valence-electron chi connectivity index (χ0n) is 18.3. The van der Waals surface area contributed by atoms with Crippen molar-refractivity contribution in [3.63, 3.8) is 0 Å². The van der Waals surface area contributed by atoms with Crippen molar-refractivity contribution in [2.75, 3.05) is 46.9 Å². The molecule has 162 valence electrons. The lowest BCUT2D eigenvalue weighted by Gasteiger charge is -2.33. The van der Waals surface area contributed by atoms with E-state index in [1.165, 1.54) is 5.56 Å². The van der Waals surface area contributed by atoms with Crippen LogP contribution in [0.1, 0.15) is 18.1 Å². The number of amides is 1. The predicted octanol–water partition coefficient (Wildman–Crippen LogP) is 2.57. The molecule has 1 N–H and O–H groups in total. The van der Waals surface area contributed by atoms with E-state index in [4.69, 9.17) is 9.47 Å². The average molecular weight is 412 g/mol. The first-order valence-electron chi connectivity index (χ1n) is 10.6. The minimum absolute atomic E-state index is 0.0795. The normalized spacial score (nSPS) is 17.1. The van der Waals surface area contributed by atoms with Gasteiger partial charge in [0, 0.05) is 25.7 Å². The van der Waals surface area contributed by atoms with E-state index >= 15 is 0 Å². The van der Waals surface area contributed by atoms with Crippen LogP contribution in [-0.2, 0) is 17.8 Å². The standard InChI is InChI=1S/C24H33N3O3/c1-4-29-23-15-20(10-11-22(23)30-13-12-26(2)3)16-27-17-21(25-24(28)18-27)14-19-8-6-5-7-9-19/h5-11,15,21H,4,12-14,16-18H2,1-3H3,(H,25,28)/t21-/m0/s1. The predicted molar refractivity (Wildman–Crippen MR) is 119 cm³/mol. The van der Waals surface area contributed by atoms with Crippen LogP contribution in [0.3, 0.4) is 0 Å². The first kappa shape index (κ1) is 22.1. The molecule has 0 saturated carbocycles. The highest BCUT2D eigenvalue weighted by Gasteiger charge is 2.25. The van der Waals surface area contributed by atoms with Crippen molar-refractivity contribution in [2.24, 2.45) is 0 Å². The Bertz CT molecular complexity index is 811. The summed E-state index contributed by atoms with van der Waals surface area (Å²) in [6.45, 7) is 5.95. The van der Waals surface area contributed by atoms with Crippen LogP contribution >= 0.6 is 0 Å². The Morgan fingerprint density at radius 2 is 1.87 bits per heavy atom. The van der Waals surface area contributed by atoms with E-state index in [0.717, 1.165) is 36.6 Å². The number of carbonyl (C=O) groups excluding carboxylic acids is 1. The Morgan fingerprint density at radius 1 is 1.07 bits per heavy atom. The molecule has 0 radical (unpaired) electrons. The molecule has 30 heavy (non-hydrogen) atoms. The van der Waals surface area contributed by atoms with Gasteiger partial charge in [0.1, 0.15) is 6.61 Å². The Balaban J connectivity index is 1.63. The maximum atomic E-state index is 12.3. The van der Waals surface area contributed by atoms with Crippen LogP contribution in [-0.4, -0.2) is 68.7 Å². The summed E-state index contributed by atoms with van der Waals surface area (Å²) in [4.78, 5) is 16.5. The minimum Gasteiger partial charge on any atom is -0.490 e. The minimum atomic E-state index is 0.0795. The molecule has 0 unspecified atom stereocenters. The number of rotatable bonds is 10. The molecule has 1 heterocycles. The van der Waals surface area contributed by atoms with Crippen molar-refractivity contribution in [1.82, 2.24) is 15.1 Å². The van der Waals surface area contributed by atoms with Crippen LogP contribution in [0.4, 0.5) is 0 Å². The molecule has 3 rings (SSSR count). The summed E-state index contributed by atoms with van der Waals surface area (Å²) in [5.74, 6) is 1.60. The third-order valence-electron chi connectivity index (χ3n) is 5.05. The fourth-order valence-electron chi connectivity index (χ4n) is 3.67. The second kappa shape index (κ2) is 11.0. The molecular weight excluding hydrogens is 378 g/mol. The van der Waals surface area contributed by atoms with Crippen LogP contribution < -0.4 is 14.8 Å². The molecule has 6 heteroatoms. The summed E-state index contributed by atoms with van der Waals surface area (Å²) in [6.07, 6.45) is 0.839. The van der Waals surface area contributed by atoms with Crippen molar-refractivity contribution in [2.45, 2.75) is 25.9 Å². The molecule has 1 fully saturated rings. The smallest absolute Gasteiger partial charge is 0.234 e. The summed E-state index contributed by atoms with van der Waals surface area (Å²) < 4.78 is 11.7. The zero-order valence-corrected chi connectivity index (χ0v) is 18.3. The van der Waals surface area contributed by atoms with Crippen LogP contribution in [0.2, 0.25) is 0 Å². The highest BCUT2D eigenvalue weighted by molar-refractivity contribution is 5.79. The highest BCUT2D eigenvalue weighted by Crippen LogP contribution is 2.29. The van der Waals surface area contributed by atoms with Gasteiger partial charge in [0.05, 0.1) is 13.2 Å². The van der Waals surface area contributed by atoms with E-state index in [1.54, 1.807) is 0 Å². The van der Waals surface area contributed by atoms with Gasteiger partial charge in [-0.3, -0.25) is 9.69 Å². The second-order valence-electron chi connectivity index (χ2n) is 7.99. The second-order valence-corrected chi connectivity index (χ2v) is 7.99. The van der Waals surface area contributed by atoms with Crippen molar-refractivity contribution in [3.05, 3.63) is 59.7 Å². The number of piperazine rings is 1. The molecule has 0 bridgehead atoms. The fraction of sp³-hybridized carbons (Fsp3) is 0.458. The molecule has 2 aromatic rings. The summed E-state index contributed by atoms with van der Waals surface area (Å²) >= 11 is 0. The number of ether oxygens (including phenoxy) is 2. The number of likely N-dealkylation sites (N-methyl/N-ethyl adjacent to an activating group) is 1. The largest absolute Gasteiger partial charge is 0.490 e.